The van der Waals surface area contributed by atoms with Crippen molar-refractivity contribution in [2.45, 2.75) is 225 Å². The number of nitrogens with zero attached hydrogens (tertiary/aromatic N) is 1. The van der Waals surface area contributed by atoms with E-state index in [2.05, 4.69) is 43.5 Å². The number of rotatable bonds is 43. The second-order valence-corrected chi connectivity index (χ2v) is 18.0. The number of halogens is 1. The number of guanidine groups is 1. The Balaban J connectivity index is 0. The van der Waals surface area contributed by atoms with Crippen LogP contribution >= 0.6 is 0 Å². The number of allylic oxidation sites excluding steroid dienone is 4. The first-order chi connectivity index (χ1) is 28.8. The zero-order chi connectivity index (χ0) is 44.6. The number of hydrogen-bond donors (Lipinski definition) is 5. The van der Waals surface area contributed by atoms with Crippen molar-refractivity contribution in [3.63, 3.8) is 0 Å². The predicted octanol–water partition coefficient (Wildman–Crippen LogP) is 8.03. The van der Waals surface area contributed by atoms with Gasteiger partial charge in [0.05, 0.1) is 20.6 Å². The number of nitrogens with two attached hydrogens (primary N) is 2. The summed E-state index contributed by atoms with van der Waals surface area (Å²) in [5.74, 6) is -1.85. The number of carbonyl (C=O) groups is 3. The molecule has 12 heteroatoms. The minimum absolute atomic E-state index is 0. The Morgan fingerprint density at radius 3 is 1.49 bits per heavy atom. The van der Waals surface area contributed by atoms with Crippen LogP contribution in [0.5, 0.6) is 0 Å². The number of quaternary nitrogens is 1. The Kier molecular flexibility index (Phi) is 41.0. The molecule has 0 saturated carbocycles. The molecule has 0 bridgehead atoms. The van der Waals surface area contributed by atoms with Gasteiger partial charge in [0, 0.05) is 25.8 Å². The summed E-state index contributed by atoms with van der Waals surface area (Å²) in [6.45, 7) is 5.59. The molecule has 0 aliphatic carbocycles. The molecule has 0 rings (SSSR count). The van der Waals surface area contributed by atoms with Gasteiger partial charge in [-0.15, -0.1) is 0 Å². The molecule has 0 fully saturated rings. The quantitative estimate of drug-likeness (QED) is 0.0101. The van der Waals surface area contributed by atoms with Crippen molar-refractivity contribution in [1.82, 2.24) is 5.32 Å². The monoisotopic (exact) mass is 884 g/mol. The van der Waals surface area contributed by atoms with Gasteiger partial charge in [-0.05, 0) is 77.0 Å². The average molecular weight is 885 g/mol. The van der Waals surface area contributed by atoms with E-state index in [-0.39, 0.29) is 49.8 Å². The first-order valence-corrected chi connectivity index (χ1v) is 24.4. The Labute approximate surface area is 379 Å². The summed E-state index contributed by atoms with van der Waals surface area (Å²) in [5, 5.41) is 20.0. The molecule has 0 aliphatic rings. The van der Waals surface area contributed by atoms with Crippen LogP contribution in [0.4, 0.5) is 0 Å². The molecule has 1 unspecified atom stereocenters. The molecule has 0 radical (unpaired) electrons. The van der Waals surface area contributed by atoms with Crippen LogP contribution in [0.1, 0.15) is 213 Å². The highest BCUT2D eigenvalue weighted by Crippen LogP contribution is 2.19. The molecule has 0 aromatic carbocycles. The maximum absolute atomic E-state index is 13.0. The molecule has 358 valence electrons. The van der Waals surface area contributed by atoms with Crippen LogP contribution in [0.25, 0.3) is 0 Å². The van der Waals surface area contributed by atoms with Crippen molar-refractivity contribution >= 4 is 23.9 Å². The van der Waals surface area contributed by atoms with Gasteiger partial charge in [-0.2, -0.15) is 0 Å². The normalized spacial score (nSPS) is 13.2. The zero-order valence-corrected chi connectivity index (χ0v) is 40.4. The molecule has 0 spiro atoms. The number of likely N-dealkylation sites (N-methyl/N-ethyl adjacent to an activating group) is 1. The molecule has 0 aromatic rings. The summed E-state index contributed by atoms with van der Waals surface area (Å²) in [5.41, 5.74) is 10.3. The molecule has 7 N–H and O–H groups in total. The number of esters is 2. The number of carboxylic acid groups (broad SMARTS) is 1. The Morgan fingerprint density at radius 1 is 0.656 bits per heavy atom. The van der Waals surface area contributed by atoms with Gasteiger partial charge in [0.2, 0.25) is 0 Å². The topological polar surface area (TPSA) is 178 Å². The third-order valence-corrected chi connectivity index (χ3v) is 11.4. The van der Waals surface area contributed by atoms with Gasteiger partial charge < -0.3 is 48.3 Å². The van der Waals surface area contributed by atoms with Crippen molar-refractivity contribution in [1.29, 1.82) is 5.41 Å². The number of ether oxygens (including phenoxy) is 2. The number of carbonyl (C=O) groups excluding carboxylic acids is 2. The summed E-state index contributed by atoms with van der Waals surface area (Å²) in [7, 11) is 3.88. The lowest BCUT2D eigenvalue weighted by molar-refractivity contribution is -0.893. The first kappa shape index (κ1) is 60.5. The van der Waals surface area contributed by atoms with Crippen LogP contribution in [0, 0.1) is 5.41 Å². The minimum Gasteiger partial charge on any atom is -1.00 e. The fraction of sp³-hybridized carbons (Fsp3) is 0.837. The van der Waals surface area contributed by atoms with E-state index in [9.17, 15) is 19.5 Å². The Morgan fingerprint density at radius 2 is 1.07 bits per heavy atom. The number of nitrogens with one attached hydrogen (secondary N) is 2. The van der Waals surface area contributed by atoms with Gasteiger partial charge in [0.25, 0.3) is 0 Å². The van der Waals surface area contributed by atoms with Gasteiger partial charge in [0.1, 0.15) is 18.7 Å². The number of hydrogen-bond acceptors (Lipinski definition) is 7. The zero-order valence-electron chi connectivity index (χ0n) is 39.6. The van der Waals surface area contributed by atoms with E-state index in [1.54, 1.807) is 0 Å². The molecular formula is C49H94ClN5O6. The van der Waals surface area contributed by atoms with E-state index in [0.717, 1.165) is 70.6 Å². The molecule has 0 heterocycles. The Hall–Kier alpha value is -2.63. The third-order valence-electron chi connectivity index (χ3n) is 11.4. The summed E-state index contributed by atoms with van der Waals surface area (Å²) in [6, 6.07) is 0. The van der Waals surface area contributed by atoms with Crippen LogP contribution in [-0.2, 0) is 23.9 Å². The lowest BCUT2D eigenvalue weighted by atomic mass is 9.90. The maximum atomic E-state index is 13.0. The SMILES string of the molecule is CCCCCCCC/C=C\CCCCCCCC(=O)OCC(C[N+](C)(C)CC[C@](N)(CCCNC(=N)N)C(=O)O)OC(=O)CCCCCCC/C=C\CCCCCCCC.[Cl-]. The van der Waals surface area contributed by atoms with E-state index < -0.39 is 17.6 Å². The number of unbranched alkanes of at least 4 members (excludes halogenated alkanes) is 22. The molecule has 11 nitrogen and oxygen atoms in total. The van der Waals surface area contributed by atoms with Crippen LogP contribution < -0.4 is 29.2 Å². The molecule has 0 amide bonds. The molecule has 61 heavy (non-hydrogen) atoms. The predicted molar refractivity (Wildman–Crippen MR) is 250 cm³/mol. The largest absolute Gasteiger partial charge is 1.00 e. The third kappa shape index (κ3) is 39.9. The van der Waals surface area contributed by atoms with Crippen LogP contribution in [0.15, 0.2) is 24.3 Å². The maximum Gasteiger partial charge on any atom is 0.323 e. The van der Waals surface area contributed by atoms with E-state index in [4.69, 9.17) is 26.4 Å². The lowest BCUT2D eigenvalue weighted by Gasteiger charge is -2.36. The van der Waals surface area contributed by atoms with Gasteiger partial charge in [-0.3, -0.25) is 19.8 Å². The highest BCUT2D eigenvalue weighted by atomic mass is 35.5. The Bertz CT molecular complexity index is 1150. The molecule has 0 aromatic heterocycles. The first-order valence-electron chi connectivity index (χ1n) is 24.4. The second kappa shape index (κ2) is 41.4. The van der Waals surface area contributed by atoms with E-state index in [1.807, 2.05) is 14.1 Å². The van der Waals surface area contributed by atoms with Crippen LogP contribution in [0.2, 0.25) is 0 Å². The molecule has 2 atom stereocenters. The summed E-state index contributed by atoms with van der Waals surface area (Å²) >= 11 is 0. The van der Waals surface area contributed by atoms with Gasteiger partial charge in [-0.25, -0.2) is 0 Å². The van der Waals surface area contributed by atoms with Crippen molar-refractivity contribution in [3.05, 3.63) is 24.3 Å². The minimum atomic E-state index is -1.46. The number of aliphatic carboxylic acids is 1. The van der Waals surface area contributed by atoms with Crippen LogP contribution in [0.3, 0.4) is 0 Å². The molecular weight excluding hydrogens is 790 g/mol. The summed E-state index contributed by atoms with van der Waals surface area (Å²) in [6.07, 6.45) is 40.9. The van der Waals surface area contributed by atoms with E-state index in [1.165, 1.54) is 96.3 Å². The average Bonchev–Trinajstić information content (AvgIpc) is 3.20. The number of carboxylic acids is 1. The second-order valence-electron chi connectivity index (χ2n) is 18.0. The van der Waals surface area contributed by atoms with Gasteiger partial charge in [-0.1, -0.05) is 141 Å². The van der Waals surface area contributed by atoms with E-state index in [0.29, 0.717) is 43.4 Å². The highest BCUT2D eigenvalue weighted by Gasteiger charge is 2.37. The smallest absolute Gasteiger partial charge is 0.323 e. The van der Waals surface area contributed by atoms with Crippen molar-refractivity contribution in [2.24, 2.45) is 11.5 Å². The highest BCUT2D eigenvalue weighted by molar-refractivity contribution is 5.78. The fourth-order valence-electron chi connectivity index (χ4n) is 7.42. The molecule has 0 aliphatic heterocycles. The van der Waals surface area contributed by atoms with Crippen molar-refractivity contribution < 1.29 is 45.9 Å². The van der Waals surface area contributed by atoms with E-state index >= 15 is 0 Å². The van der Waals surface area contributed by atoms with Crippen LogP contribution in [-0.4, -0.2) is 85.4 Å². The van der Waals surface area contributed by atoms with Crippen molar-refractivity contribution in [3.8, 4) is 0 Å². The van der Waals surface area contributed by atoms with Gasteiger partial charge >= 0.3 is 17.9 Å². The van der Waals surface area contributed by atoms with Crippen molar-refractivity contribution in [2.75, 3.05) is 40.3 Å². The standard InChI is InChI=1S/C49H93N5O6.ClH/c1-5-7-9-11-13-15-17-19-21-23-25-27-29-31-33-36-45(55)59-43-44(42-54(3,4)41-39-49(52,47(57)58)38-35-40-53-48(50)51)60-46(56)37-34-32-30-28-26-24-22-20-18-16-14-12-10-8-6-2;/h19-22,44H,5-18,23-43,52H2,1-4H3,(H4-,50,51,53,57,58);1H/b21-19-,22-20-;/t44?,49-;/m1./s1. The summed E-state index contributed by atoms with van der Waals surface area (Å²) < 4.78 is 11.9. The van der Waals surface area contributed by atoms with Gasteiger partial charge in [0.15, 0.2) is 12.1 Å². The molecule has 0 saturated heterocycles. The fourth-order valence-corrected chi connectivity index (χ4v) is 7.42. The lowest BCUT2D eigenvalue weighted by Crippen LogP contribution is -3.00. The summed E-state index contributed by atoms with van der Waals surface area (Å²) in [4.78, 5) is 38.0.